The molecule has 0 aliphatic carbocycles. The molecule has 10 heavy (non-hydrogen) atoms. The molecule has 0 aromatic carbocycles. The zero-order chi connectivity index (χ0) is 8.15. The molecule has 0 saturated heterocycles. The van der Waals surface area contributed by atoms with Gasteiger partial charge in [-0.25, -0.2) is 0 Å². The van der Waals surface area contributed by atoms with Crippen molar-refractivity contribution in [2.45, 2.75) is 34.1 Å². The van der Waals surface area contributed by atoms with E-state index in [9.17, 15) is 0 Å². The van der Waals surface area contributed by atoms with Gasteiger partial charge < -0.3 is 5.73 Å². The van der Waals surface area contributed by atoms with Crippen molar-refractivity contribution in [1.82, 2.24) is 0 Å². The minimum absolute atomic E-state index is 0.683. The van der Waals surface area contributed by atoms with Gasteiger partial charge >= 0.3 is 0 Å². The van der Waals surface area contributed by atoms with E-state index in [0.29, 0.717) is 5.92 Å². The zero-order valence-corrected chi connectivity index (χ0v) is 7.72. The van der Waals surface area contributed by atoms with Crippen LogP contribution in [0.2, 0.25) is 0 Å². The molecule has 1 nitrogen and oxygen atoms in total. The average molecular weight is 143 g/mol. The SMILES string of the molecule is CC(C)C[C@H](C)C(C)CN. The normalized spacial score (nSPS) is 17.4. The van der Waals surface area contributed by atoms with E-state index in [0.717, 1.165) is 18.4 Å². The van der Waals surface area contributed by atoms with Gasteiger partial charge in [0.15, 0.2) is 0 Å². The first-order valence-corrected chi connectivity index (χ1v) is 4.28. The molecule has 0 aliphatic heterocycles. The monoisotopic (exact) mass is 143 g/mol. The van der Waals surface area contributed by atoms with Gasteiger partial charge in [0.2, 0.25) is 0 Å². The molecule has 0 bridgehead atoms. The summed E-state index contributed by atoms with van der Waals surface area (Å²) >= 11 is 0. The predicted octanol–water partition coefficient (Wildman–Crippen LogP) is 2.26. The van der Waals surface area contributed by atoms with Crippen molar-refractivity contribution < 1.29 is 0 Å². The molecule has 0 radical (unpaired) electrons. The Kier molecular flexibility index (Phi) is 4.71. The van der Waals surface area contributed by atoms with Gasteiger partial charge in [-0.15, -0.1) is 0 Å². The summed E-state index contributed by atoms with van der Waals surface area (Å²) in [5.41, 5.74) is 5.55. The third-order valence-electron chi connectivity index (χ3n) is 2.19. The summed E-state index contributed by atoms with van der Waals surface area (Å²) in [4.78, 5) is 0. The van der Waals surface area contributed by atoms with Crippen molar-refractivity contribution in [3.05, 3.63) is 0 Å². The maximum Gasteiger partial charge on any atom is -0.00490 e. The topological polar surface area (TPSA) is 26.0 Å². The van der Waals surface area contributed by atoms with Crippen molar-refractivity contribution in [3.8, 4) is 0 Å². The molecule has 2 N–H and O–H groups in total. The summed E-state index contributed by atoms with van der Waals surface area (Å²) in [7, 11) is 0. The lowest BCUT2D eigenvalue weighted by Gasteiger charge is -2.19. The Bertz CT molecular complexity index is 78.8. The van der Waals surface area contributed by atoms with Gasteiger partial charge in [-0.1, -0.05) is 27.7 Å². The Morgan fingerprint density at radius 3 is 1.80 bits per heavy atom. The maximum absolute atomic E-state index is 5.55. The van der Waals surface area contributed by atoms with E-state index in [1.807, 2.05) is 0 Å². The Morgan fingerprint density at radius 1 is 1.00 bits per heavy atom. The van der Waals surface area contributed by atoms with Crippen LogP contribution < -0.4 is 5.73 Å². The van der Waals surface area contributed by atoms with Crippen molar-refractivity contribution in [2.24, 2.45) is 23.5 Å². The summed E-state index contributed by atoms with van der Waals surface area (Å²) in [6.45, 7) is 9.87. The average Bonchev–Trinajstić information content (AvgIpc) is 1.85. The summed E-state index contributed by atoms with van der Waals surface area (Å²) in [6.07, 6.45) is 1.30. The van der Waals surface area contributed by atoms with E-state index in [4.69, 9.17) is 5.73 Å². The lowest BCUT2D eigenvalue weighted by molar-refractivity contribution is 0.330. The van der Waals surface area contributed by atoms with Gasteiger partial charge in [-0.05, 0) is 30.7 Å². The second-order valence-corrected chi connectivity index (χ2v) is 3.82. The van der Waals surface area contributed by atoms with Gasteiger partial charge in [-0.2, -0.15) is 0 Å². The highest BCUT2D eigenvalue weighted by Gasteiger charge is 2.11. The number of hydrogen-bond acceptors (Lipinski definition) is 1. The fourth-order valence-electron chi connectivity index (χ4n) is 1.21. The Balaban J connectivity index is 3.50. The molecule has 0 spiro atoms. The second-order valence-electron chi connectivity index (χ2n) is 3.82. The molecule has 0 saturated carbocycles. The van der Waals surface area contributed by atoms with Crippen LogP contribution in [0.3, 0.4) is 0 Å². The molecule has 0 amide bonds. The van der Waals surface area contributed by atoms with E-state index in [1.54, 1.807) is 0 Å². The molecule has 2 atom stereocenters. The van der Waals surface area contributed by atoms with Crippen molar-refractivity contribution >= 4 is 0 Å². The van der Waals surface area contributed by atoms with E-state index >= 15 is 0 Å². The highest BCUT2D eigenvalue weighted by atomic mass is 14.5. The summed E-state index contributed by atoms with van der Waals surface area (Å²) in [5, 5.41) is 0. The first kappa shape index (κ1) is 9.96. The minimum atomic E-state index is 0.683. The molecule has 0 fully saturated rings. The van der Waals surface area contributed by atoms with Crippen LogP contribution >= 0.6 is 0 Å². The van der Waals surface area contributed by atoms with Gasteiger partial charge in [0, 0.05) is 0 Å². The van der Waals surface area contributed by atoms with Crippen LogP contribution in [0, 0.1) is 17.8 Å². The minimum Gasteiger partial charge on any atom is -0.330 e. The van der Waals surface area contributed by atoms with Crippen LogP contribution in [0.15, 0.2) is 0 Å². The molecule has 0 aromatic heterocycles. The lowest BCUT2D eigenvalue weighted by atomic mass is 9.88. The van der Waals surface area contributed by atoms with Gasteiger partial charge in [0.1, 0.15) is 0 Å². The number of nitrogens with two attached hydrogens (primary N) is 1. The third kappa shape index (κ3) is 3.89. The van der Waals surface area contributed by atoms with E-state index in [-0.39, 0.29) is 0 Å². The highest BCUT2D eigenvalue weighted by molar-refractivity contribution is 4.63. The van der Waals surface area contributed by atoms with Crippen molar-refractivity contribution in [1.29, 1.82) is 0 Å². The van der Waals surface area contributed by atoms with E-state index in [1.165, 1.54) is 6.42 Å². The molecule has 1 heteroatoms. The van der Waals surface area contributed by atoms with Crippen LogP contribution in [-0.4, -0.2) is 6.54 Å². The standard InChI is InChI=1S/C9H21N/c1-7(2)5-8(3)9(4)6-10/h7-9H,5-6,10H2,1-4H3/t8-,9?/m0/s1. The molecule has 1 unspecified atom stereocenters. The van der Waals surface area contributed by atoms with Crippen LogP contribution in [0.4, 0.5) is 0 Å². The summed E-state index contributed by atoms with van der Waals surface area (Å²) in [5.74, 6) is 2.27. The number of hydrogen-bond donors (Lipinski definition) is 1. The first-order valence-electron chi connectivity index (χ1n) is 4.28. The zero-order valence-electron chi connectivity index (χ0n) is 7.72. The van der Waals surface area contributed by atoms with Crippen LogP contribution in [0.25, 0.3) is 0 Å². The Morgan fingerprint density at radius 2 is 1.50 bits per heavy atom. The third-order valence-corrected chi connectivity index (χ3v) is 2.19. The predicted molar refractivity (Wildman–Crippen MR) is 46.8 cm³/mol. The fraction of sp³-hybridized carbons (Fsp3) is 1.00. The highest BCUT2D eigenvalue weighted by Crippen LogP contribution is 2.18. The van der Waals surface area contributed by atoms with Gasteiger partial charge in [0.25, 0.3) is 0 Å². The fourth-order valence-corrected chi connectivity index (χ4v) is 1.21. The maximum atomic E-state index is 5.55. The molecular formula is C9H21N. The molecule has 0 aliphatic rings. The molecule has 0 heterocycles. The first-order chi connectivity index (χ1) is 4.57. The molecule has 62 valence electrons. The summed E-state index contributed by atoms with van der Waals surface area (Å²) in [6, 6.07) is 0. The largest absolute Gasteiger partial charge is 0.330 e. The summed E-state index contributed by atoms with van der Waals surface area (Å²) < 4.78 is 0. The Labute approximate surface area is 65.0 Å². The van der Waals surface area contributed by atoms with E-state index < -0.39 is 0 Å². The number of rotatable bonds is 4. The second kappa shape index (κ2) is 4.73. The van der Waals surface area contributed by atoms with Gasteiger partial charge in [-0.3, -0.25) is 0 Å². The van der Waals surface area contributed by atoms with Crippen molar-refractivity contribution in [2.75, 3.05) is 6.54 Å². The quantitative estimate of drug-likeness (QED) is 0.642. The van der Waals surface area contributed by atoms with Crippen molar-refractivity contribution in [3.63, 3.8) is 0 Å². The van der Waals surface area contributed by atoms with Crippen LogP contribution in [0.5, 0.6) is 0 Å². The van der Waals surface area contributed by atoms with E-state index in [2.05, 4.69) is 27.7 Å². The molecule has 0 rings (SSSR count). The molecule has 0 aromatic rings. The molecular weight excluding hydrogens is 122 g/mol. The van der Waals surface area contributed by atoms with Gasteiger partial charge in [0.05, 0.1) is 0 Å². The van der Waals surface area contributed by atoms with Crippen LogP contribution in [0.1, 0.15) is 34.1 Å². The smallest absolute Gasteiger partial charge is 0.00490 e. The lowest BCUT2D eigenvalue weighted by Crippen LogP contribution is -2.19. The Hall–Kier alpha value is -0.0400. The van der Waals surface area contributed by atoms with Crippen LogP contribution in [-0.2, 0) is 0 Å².